The molecule has 0 radical (unpaired) electrons. The summed E-state index contributed by atoms with van der Waals surface area (Å²) in [6, 6.07) is 5.31. The SMILES string of the molecule is COc1cc2c(cc1N1CCC3(C1)C(=O)CCC3=O)CC(C(C)C)n1cc(C(=O)O)c(=O)cc1-2. The van der Waals surface area contributed by atoms with E-state index in [9.17, 15) is 24.3 Å². The fourth-order valence-electron chi connectivity index (χ4n) is 5.84. The number of nitrogens with zero attached hydrogens (tertiary/aromatic N) is 2. The van der Waals surface area contributed by atoms with Crippen LogP contribution < -0.4 is 15.1 Å². The Bertz CT molecular complexity index is 1270. The van der Waals surface area contributed by atoms with Crippen LogP contribution in [0, 0.1) is 11.3 Å². The quantitative estimate of drug-likeness (QED) is 0.693. The number of Topliss-reactive ketones (excluding diaryl/α,β-unsaturated/α-hetero) is 2. The first-order valence-electron chi connectivity index (χ1n) is 11.7. The lowest BCUT2D eigenvalue weighted by atomic mass is 9.83. The molecule has 3 aliphatic rings. The van der Waals surface area contributed by atoms with Crippen molar-refractivity contribution in [3.63, 3.8) is 0 Å². The number of ketones is 2. The van der Waals surface area contributed by atoms with Gasteiger partial charge in [0.1, 0.15) is 28.3 Å². The smallest absolute Gasteiger partial charge is 0.341 e. The van der Waals surface area contributed by atoms with E-state index in [-0.39, 0.29) is 29.1 Å². The number of carbonyl (C=O) groups is 3. The molecule has 178 valence electrons. The topological polar surface area (TPSA) is 106 Å². The van der Waals surface area contributed by atoms with Gasteiger partial charge in [-0.05, 0) is 36.5 Å². The number of methoxy groups -OCH3 is 1. The van der Waals surface area contributed by atoms with E-state index in [1.54, 1.807) is 7.11 Å². The number of aromatic carboxylic acids is 1. The van der Waals surface area contributed by atoms with Gasteiger partial charge in [-0.25, -0.2) is 4.79 Å². The highest BCUT2D eigenvalue weighted by Gasteiger charge is 2.53. The van der Waals surface area contributed by atoms with Crippen LogP contribution in [0.4, 0.5) is 5.69 Å². The molecule has 1 spiro atoms. The number of rotatable bonds is 4. The number of carboxylic acid groups (broad SMARTS) is 1. The Kier molecular flexibility index (Phi) is 5.15. The Morgan fingerprint density at radius 1 is 1.15 bits per heavy atom. The molecule has 2 aliphatic heterocycles. The van der Waals surface area contributed by atoms with Gasteiger partial charge in [-0.3, -0.25) is 14.4 Å². The van der Waals surface area contributed by atoms with Crippen molar-refractivity contribution in [2.24, 2.45) is 11.3 Å². The molecule has 3 heterocycles. The van der Waals surface area contributed by atoms with Crippen molar-refractivity contribution in [2.75, 3.05) is 25.1 Å². The Morgan fingerprint density at radius 3 is 2.47 bits per heavy atom. The molecule has 1 N–H and O–H groups in total. The lowest BCUT2D eigenvalue weighted by Gasteiger charge is -2.34. The van der Waals surface area contributed by atoms with Gasteiger partial charge < -0.3 is 19.3 Å². The van der Waals surface area contributed by atoms with Crippen molar-refractivity contribution in [1.82, 2.24) is 4.57 Å². The van der Waals surface area contributed by atoms with Crippen molar-refractivity contribution < 1.29 is 24.2 Å². The zero-order valence-corrected chi connectivity index (χ0v) is 19.6. The van der Waals surface area contributed by atoms with Gasteiger partial charge in [-0.2, -0.15) is 0 Å². The number of ether oxygens (including phenoxy) is 1. The third-order valence-electron chi connectivity index (χ3n) is 7.80. The maximum absolute atomic E-state index is 12.6. The fraction of sp³-hybridized carbons (Fsp3) is 0.462. The third kappa shape index (κ3) is 3.19. The molecule has 1 unspecified atom stereocenters. The number of pyridine rings is 1. The van der Waals surface area contributed by atoms with Gasteiger partial charge in [0.25, 0.3) is 0 Å². The van der Waals surface area contributed by atoms with Crippen LogP contribution in [0.1, 0.15) is 55.1 Å². The van der Waals surface area contributed by atoms with Gasteiger partial charge in [0.05, 0.1) is 18.5 Å². The van der Waals surface area contributed by atoms with E-state index in [0.717, 1.165) is 16.8 Å². The summed E-state index contributed by atoms with van der Waals surface area (Å²) in [5.74, 6) is -0.359. The maximum atomic E-state index is 12.6. The molecule has 1 atom stereocenters. The van der Waals surface area contributed by atoms with Crippen LogP contribution in [0.5, 0.6) is 5.75 Å². The van der Waals surface area contributed by atoms with Crippen LogP contribution >= 0.6 is 0 Å². The van der Waals surface area contributed by atoms with E-state index < -0.39 is 16.8 Å². The highest BCUT2D eigenvalue weighted by atomic mass is 16.5. The highest BCUT2D eigenvalue weighted by molar-refractivity contribution is 6.13. The van der Waals surface area contributed by atoms with E-state index >= 15 is 0 Å². The lowest BCUT2D eigenvalue weighted by Crippen LogP contribution is -2.36. The fourth-order valence-corrected chi connectivity index (χ4v) is 5.84. The van der Waals surface area contributed by atoms with Crippen LogP contribution in [-0.2, 0) is 16.0 Å². The van der Waals surface area contributed by atoms with Gasteiger partial charge in [-0.1, -0.05) is 13.8 Å². The van der Waals surface area contributed by atoms with Gasteiger partial charge >= 0.3 is 5.97 Å². The van der Waals surface area contributed by atoms with Crippen molar-refractivity contribution in [2.45, 2.75) is 45.6 Å². The van der Waals surface area contributed by atoms with Crippen LogP contribution in [0.15, 0.2) is 29.2 Å². The number of fused-ring (bicyclic) bond motifs is 3. The van der Waals surface area contributed by atoms with Gasteiger partial charge in [0.15, 0.2) is 5.43 Å². The average Bonchev–Trinajstić information content (AvgIpc) is 3.37. The predicted octanol–water partition coefficient (Wildman–Crippen LogP) is 3.10. The lowest BCUT2D eigenvalue weighted by molar-refractivity contribution is -0.133. The average molecular weight is 465 g/mol. The second kappa shape index (κ2) is 7.82. The van der Waals surface area contributed by atoms with Crippen molar-refractivity contribution in [3.05, 3.63) is 45.7 Å². The summed E-state index contributed by atoms with van der Waals surface area (Å²) in [6.45, 7) is 5.11. The molecular formula is C26H28N2O6. The molecule has 0 amide bonds. The summed E-state index contributed by atoms with van der Waals surface area (Å²) in [4.78, 5) is 51.4. The summed E-state index contributed by atoms with van der Waals surface area (Å²) < 4.78 is 7.62. The van der Waals surface area contributed by atoms with Crippen molar-refractivity contribution in [3.8, 4) is 17.0 Å². The number of hydrogen-bond acceptors (Lipinski definition) is 6. The monoisotopic (exact) mass is 464 g/mol. The molecule has 1 saturated carbocycles. The second-order valence-corrected chi connectivity index (χ2v) is 9.95. The Labute approximate surface area is 197 Å². The van der Waals surface area contributed by atoms with E-state index in [1.807, 2.05) is 16.7 Å². The molecule has 34 heavy (non-hydrogen) atoms. The number of aromatic nitrogens is 1. The molecule has 5 rings (SSSR count). The van der Waals surface area contributed by atoms with Crippen LogP contribution in [0.25, 0.3) is 11.3 Å². The minimum Gasteiger partial charge on any atom is -0.495 e. The summed E-state index contributed by atoms with van der Waals surface area (Å²) in [5, 5.41) is 9.47. The minimum absolute atomic E-state index is 0.0228. The first kappa shape index (κ1) is 22.4. The molecule has 2 fully saturated rings. The standard InChI is InChI=1S/C26H28N2O6/c1-14(2)18-8-15-9-20(27-7-6-26(13-27)23(30)4-5-24(26)31)22(34-3)10-16(15)19-11-21(29)17(25(32)33)12-28(18)19/h9-12,14,18H,4-8,13H2,1-3H3,(H,32,33). The first-order chi connectivity index (χ1) is 16.2. The molecule has 8 nitrogen and oxygen atoms in total. The van der Waals surface area contributed by atoms with Crippen LogP contribution in [0.3, 0.4) is 0 Å². The van der Waals surface area contributed by atoms with Gasteiger partial charge in [-0.15, -0.1) is 0 Å². The van der Waals surface area contributed by atoms with E-state index in [4.69, 9.17) is 4.74 Å². The molecular weight excluding hydrogens is 436 g/mol. The molecule has 1 saturated heterocycles. The molecule has 1 aliphatic carbocycles. The predicted molar refractivity (Wildman–Crippen MR) is 126 cm³/mol. The largest absolute Gasteiger partial charge is 0.495 e. The maximum Gasteiger partial charge on any atom is 0.341 e. The Balaban J connectivity index is 1.62. The molecule has 8 heteroatoms. The Morgan fingerprint density at radius 2 is 1.85 bits per heavy atom. The first-order valence-corrected chi connectivity index (χ1v) is 11.7. The third-order valence-corrected chi connectivity index (χ3v) is 7.80. The zero-order chi connectivity index (χ0) is 24.4. The number of carbonyl (C=O) groups excluding carboxylic acids is 2. The molecule has 0 bridgehead atoms. The van der Waals surface area contributed by atoms with Crippen LogP contribution in [0.2, 0.25) is 0 Å². The number of benzene rings is 1. The minimum atomic E-state index is -1.24. The summed E-state index contributed by atoms with van der Waals surface area (Å²) >= 11 is 0. The summed E-state index contributed by atoms with van der Waals surface area (Å²) in [7, 11) is 1.57. The van der Waals surface area contributed by atoms with Gasteiger partial charge in [0.2, 0.25) is 0 Å². The molecule has 1 aromatic heterocycles. The van der Waals surface area contributed by atoms with Crippen molar-refractivity contribution >= 4 is 23.2 Å². The molecule has 2 aromatic rings. The Hall–Kier alpha value is -3.42. The highest BCUT2D eigenvalue weighted by Crippen LogP contribution is 2.47. The summed E-state index contributed by atoms with van der Waals surface area (Å²) in [6.07, 6.45) is 3.29. The van der Waals surface area contributed by atoms with E-state index in [0.29, 0.717) is 50.2 Å². The van der Waals surface area contributed by atoms with Gasteiger partial charge in [0, 0.05) is 49.8 Å². The number of anilines is 1. The zero-order valence-electron chi connectivity index (χ0n) is 19.6. The number of carboxylic acids is 1. The number of hydrogen-bond donors (Lipinski definition) is 1. The van der Waals surface area contributed by atoms with Crippen molar-refractivity contribution in [1.29, 1.82) is 0 Å². The van der Waals surface area contributed by atoms with E-state index in [2.05, 4.69) is 18.7 Å². The summed E-state index contributed by atoms with van der Waals surface area (Å²) in [5.41, 5.74) is 1.70. The molecule has 1 aromatic carbocycles. The van der Waals surface area contributed by atoms with E-state index in [1.165, 1.54) is 12.3 Å². The second-order valence-electron chi connectivity index (χ2n) is 9.95. The normalized spacial score (nSPS) is 20.7. The van der Waals surface area contributed by atoms with Crippen LogP contribution in [-0.4, -0.2) is 47.4 Å².